The number of aliphatic hydroxyl groups is 1. The summed E-state index contributed by atoms with van der Waals surface area (Å²) in [7, 11) is 3.12. The second kappa shape index (κ2) is 7.13. The molecule has 1 aromatic rings. The Labute approximate surface area is 107 Å². The average Bonchev–Trinajstić information content (AvgIpc) is 2.34. The molecule has 0 saturated carbocycles. The van der Waals surface area contributed by atoms with Crippen LogP contribution >= 0.6 is 0 Å². The second-order valence-electron chi connectivity index (χ2n) is 4.24. The predicted molar refractivity (Wildman–Crippen MR) is 67.7 cm³/mol. The van der Waals surface area contributed by atoms with E-state index in [1.165, 1.54) is 6.33 Å². The lowest BCUT2D eigenvalue weighted by atomic mass is 10.1. The second-order valence-corrected chi connectivity index (χ2v) is 4.24. The highest BCUT2D eigenvalue weighted by molar-refractivity contribution is 5.34. The van der Waals surface area contributed by atoms with Crippen LogP contribution < -0.4 is 14.8 Å². The van der Waals surface area contributed by atoms with Crippen molar-refractivity contribution in [3.63, 3.8) is 0 Å². The molecule has 2 unspecified atom stereocenters. The van der Waals surface area contributed by atoms with E-state index in [9.17, 15) is 5.11 Å². The van der Waals surface area contributed by atoms with Gasteiger partial charge in [-0.1, -0.05) is 0 Å². The van der Waals surface area contributed by atoms with Crippen molar-refractivity contribution >= 4 is 0 Å². The first kappa shape index (κ1) is 14.7. The van der Waals surface area contributed by atoms with Crippen LogP contribution in [0.5, 0.6) is 11.8 Å². The molecule has 0 spiro atoms. The van der Waals surface area contributed by atoms with E-state index < -0.39 is 0 Å². The van der Waals surface area contributed by atoms with Gasteiger partial charge >= 0.3 is 0 Å². The summed E-state index contributed by atoms with van der Waals surface area (Å²) in [5.74, 6) is 0.997. The first-order chi connectivity index (χ1) is 8.58. The molecule has 0 bridgehead atoms. The van der Waals surface area contributed by atoms with Crippen LogP contribution in [0.2, 0.25) is 0 Å². The summed E-state index contributed by atoms with van der Waals surface area (Å²) in [4.78, 5) is 8.08. The van der Waals surface area contributed by atoms with Gasteiger partial charge in [0.25, 0.3) is 0 Å². The van der Waals surface area contributed by atoms with Crippen LogP contribution in [-0.2, 0) is 6.54 Å². The van der Waals surface area contributed by atoms with Crippen LogP contribution in [0, 0.1) is 0 Å². The Morgan fingerprint density at radius 3 is 2.22 bits per heavy atom. The summed E-state index contributed by atoms with van der Waals surface area (Å²) >= 11 is 0. The van der Waals surface area contributed by atoms with E-state index in [0.29, 0.717) is 24.7 Å². The molecule has 1 heterocycles. The molecular weight excluding hydrogens is 234 g/mol. The van der Waals surface area contributed by atoms with Gasteiger partial charge in [0.05, 0.1) is 25.9 Å². The van der Waals surface area contributed by atoms with Crippen molar-refractivity contribution < 1.29 is 14.6 Å². The SMILES string of the molecule is COc1ncnc(OC)c1CNC(C)CC(C)O. The molecule has 6 nitrogen and oxygen atoms in total. The fourth-order valence-electron chi connectivity index (χ4n) is 1.76. The monoisotopic (exact) mass is 255 g/mol. The number of aromatic nitrogens is 2. The lowest BCUT2D eigenvalue weighted by Crippen LogP contribution is -2.29. The summed E-state index contributed by atoms with van der Waals surface area (Å²) in [6.07, 6.45) is 1.75. The van der Waals surface area contributed by atoms with Crippen LogP contribution in [0.15, 0.2) is 6.33 Å². The van der Waals surface area contributed by atoms with Crippen LogP contribution in [0.4, 0.5) is 0 Å². The molecule has 102 valence electrons. The van der Waals surface area contributed by atoms with Crippen LogP contribution in [0.1, 0.15) is 25.8 Å². The first-order valence-electron chi connectivity index (χ1n) is 5.91. The summed E-state index contributed by atoms with van der Waals surface area (Å²) < 4.78 is 10.4. The molecule has 0 saturated heterocycles. The Hall–Kier alpha value is -1.40. The number of hydrogen-bond donors (Lipinski definition) is 2. The predicted octanol–water partition coefficient (Wildman–Crippen LogP) is 0.743. The third-order valence-electron chi connectivity index (χ3n) is 2.57. The van der Waals surface area contributed by atoms with Gasteiger partial charge in [0, 0.05) is 12.6 Å². The zero-order valence-corrected chi connectivity index (χ0v) is 11.3. The van der Waals surface area contributed by atoms with Gasteiger partial charge in [-0.25, -0.2) is 9.97 Å². The maximum absolute atomic E-state index is 9.31. The lowest BCUT2D eigenvalue weighted by Gasteiger charge is -2.17. The quantitative estimate of drug-likeness (QED) is 0.748. The van der Waals surface area contributed by atoms with Gasteiger partial charge in [0.15, 0.2) is 0 Å². The van der Waals surface area contributed by atoms with E-state index in [4.69, 9.17) is 9.47 Å². The highest BCUT2D eigenvalue weighted by Crippen LogP contribution is 2.23. The van der Waals surface area contributed by atoms with Gasteiger partial charge in [-0.3, -0.25) is 0 Å². The Morgan fingerprint density at radius 2 is 1.78 bits per heavy atom. The molecule has 1 rings (SSSR count). The smallest absolute Gasteiger partial charge is 0.224 e. The van der Waals surface area contributed by atoms with Crippen molar-refractivity contribution in [3.8, 4) is 11.8 Å². The third-order valence-corrected chi connectivity index (χ3v) is 2.57. The first-order valence-corrected chi connectivity index (χ1v) is 5.91. The number of nitrogens with zero attached hydrogens (tertiary/aromatic N) is 2. The molecule has 0 fully saturated rings. The summed E-state index contributed by atoms with van der Waals surface area (Å²) in [6.45, 7) is 4.31. The number of ether oxygens (including phenoxy) is 2. The van der Waals surface area contributed by atoms with E-state index >= 15 is 0 Å². The van der Waals surface area contributed by atoms with Crippen molar-refractivity contribution in [2.75, 3.05) is 14.2 Å². The maximum atomic E-state index is 9.31. The fourth-order valence-corrected chi connectivity index (χ4v) is 1.76. The molecule has 0 aliphatic rings. The molecule has 0 radical (unpaired) electrons. The average molecular weight is 255 g/mol. The van der Waals surface area contributed by atoms with Gasteiger partial charge in [0.1, 0.15) is 6.33 Å². The number of methoxy groups -OCH3 is 2. The molecule has 0 aliphatic carbocycles. The minimum absolute atomic E-state index is 0.180. The van der Waals surface area contributed by atoms with Crippen LogP contribution in [0.25, 0.3) is 0 Å². The fraction of sp³-hybridized carbons (Fsp3) is 0.667. The highest BCUT2D eigenvalue weighted by atomic mass is 16.5. The number of rotatable bonds is 7. The van der Waals surface area contributed by atoms with Gasteiger partial charge in [-0.2, -0.15) is 0 Å². The number of aliphatic hydroxyl groups excluding tert-OH is 1. The molecule has 0 amide bonds. The third kappa shape index (κ3) is 4.12. The van der Waals surface area contributed by atoms with Crippen LogP contribution in [0.3, 0.4) is 0 Å². The van der Waals surface area contributed by atoms with Crippen molar-refractivity contribution in [3.05, 3.63) is 11.9 Å². The molecule has 2 atom stereocenters. The van der Waals surface area contributed by atoms with E-state index in [1.807, 2.05) is 6.92 Å². The topological polar surface area (TPSA) is 76.5 Å². The summed E-state index contributed by atoms with van der Waals surface area (Å²) in [5, 5.41) is 12.6. The molecule has 1 aromatic heterocycles. The minimum Gasteiger partial charge on any atom is -0.481 e. The van der Waals surface area contributed by atoms with E-state index in [2.05, 4.69) is 15.3 Å². The molecule has 0 aliphatic heterocycles. The summed E-state index contributed by atoms with van der Waals surface area (Å²) in [5.41, 5.74) is 0.778. The Balaban J connectivity index is 2.70. The van der Waals surface area contributed by atoms with Gasteiger partial charge in [0.2, 0.25) is 11.8 Å². The van der Waals surface area contributed by atoms with Crippen molar-refractivity contribution in [1.82, 2.24) is 15.3 Å². The molecule has 2 N–H and O–H groups in total. The Morgan fingerprint density at radius 1 is 1.22 bits per heavy atom. The van der Waals surface area contributed by atoms with E-state index in [0.717, 1.165) is 5.56 Å². The minimum atomic E-state index is -0.330. The normalized spacial score (nSPS) is 14.1. The van der Waals surface area contributed by atoms with Gasteiger partial charge in [-0.15, -0.1) is 0 Å². The van der Waals surface area contributed by atoms with Gasteiger partial charge in [-0.05, 0) is 20.3 Å². The van der Waals surface area contributed by atoms with Gasteiger partial charge < -0.3 is 19.9 Å². The molecule has 6 heteroatoms. The Kier molecular flexibility index (Phi) is 5.80. The summed E-state index contributed by atoms with van der Waals surface area (Å²) in [6, 6.07) is 0.180. The molecule has 0 aromatic carbocycles. The lowest BCUT2D eigenvalue weighted by molar-refractivity contribution is 0.170. The largest absolute Gasteiger partial charge is 0.481 e. The van der Waals surface area contributed by atoms with Crippen molar-refractivity contribution in [2.24, 2.45) is 0 Å². The number of nitrogens with one attached hydrogen (secondary N) is 1. The van der Waals surface area contributed by atoms with Crippen molar-refractivity contribution in [1.29, 1.82) is 0 Å². The van der Waals surface area contributed by atoms with E-state index in [1.54, 1.807) is 21.1 Å². The van der Waals surface area contributed by atoms with Crippen molar-refractivity contribution in [2.45, 2.75) is 39.0 Å². The highest BCUT2D eigenvalue weighted by Gasteiger charge is 2.14. The maximum Gasteiger partial charge on any atom is 0.224 e. The standard InChI is InChI=1S/C12H21N3O3/c1-8(5-9(2)16)13-6-10-11(17-3)14-7-15-12(10)18-4/h7-9,13,16H,5-6H2,1-4H3. The van der Waals surface area contributed by atoms with E-state index in [-0.39, 0.29) is 12.1 Å². The van der Waals surface area contributed by atoms with Crippen LogP contribution in [-0.4, -0.2) is 41.4 Å². The zero-order chi connectivity index (χ0) is 13.5. The zero-order valence-electron chi connectivity index (χ0n) is 11.3. The molecule has 18 heavy (non-hydrogen) atoms. The number of hydrogen-bond acceptors (Lipinski definition) is 6. The Bertz CT molecular complexity index is 349. The molecular formula is C12H21N3O3.